The Balaban J connectivity index is 1.58. The van der Waals surface area contributed by atoms with Crippen molar-refractivity contribution in [3.63, 3.8) is 0 Å². The van der Waals surface area contributed by atoms with E-state index in [0.29, 0.717) is 23.2 Å². The van der Waals surface area contributed by atoms with Gasteiger partial charge in [-0.15, -0.1) is 11.3 Å². The number of rotatable bonds is 6. The van der Waals surface area contributed by atoms with Crippen LogP contribution < -0.4 is 10.1 Å². The molecule has 2 heterocycles. The third-order valence-electron chi connectivity index (χ3n) is 3.05. The molecule has 1 aromatic carbocycles. The highest BCUT2D eigenvalue weighted by Gasteiger charge is 2.11. The van der Waals surface area contributed by atoms with Crippen LogP contribution in [0.4, 0.5) is 0 Å². The van der Waals surface area contributed by atoms with Crippen molar-refractivity contribution in [2.45, 2.75) is 6.54 Å². The highest BCUT2D eigenvalue weighted by molar-refractivity contribution is 7.09. The number of hydrogen-bond acceptors (Lipinski definition) is 2. The summed E-state index contributed by atoms with van der Waals surface area (Å²) >= 11 is 14.0. The lowest BCUT2D eigenvalue weighted by atomic mass is 10.2. The van der Waals surface area contributed by atoms with Crippen LogP contribution >= 0.6 is 34.5 Å². The lowest BCUT2D eigenvalue weighted by Gasteiger charge is -2.08. The topological polar surface area (TPSA) is 39.1 Å². The first-order valence-corrected chi connectivity index (χ1v) is 8.13. The molecule has 0 aliphatic carbocycles. The van der Waals surface area contributed by atoms with Crippen molar-refractivity contribution in [1.29, 1.82) is 0 Å². The Labute approximate surface area is 136 Å². The number of fused-ring (bicyclic) bond motifs is 1. The molecular formula is C15H13Cl2N2OS. The van der Waals surface area contributed by atoms with Gasteiger partial charge in [0.1, 0.15) is 12.4 Å². The maximum atomic E-state index is 6.17. The molecule has 21 heavy (non-hydrogen) atoms. The zero-order valence-electron chi connectivity index (χ0n) is 11.1. The number of benzene rings is 1. The molecule has 1 N–H and O–H groups in total. The predicted octanol–water partition coefficient (Wildman–Crippen LogP) is 4.72. The molecule has 0 amide bonds. The van der Waals surface area contributed by atoms with Crippen LogP contribution in [0.15, 0.2) is 35.8 Å². The number of halogens is 2. The molecular weight excluding hydrogens is 327 g/mol. The minimum Gasteiger partial charge on any atom is -0.491 e. The van der Waals surface area contributed by atoms with Crippen LogP contribution in [0.25, 0.3) is 10.9 Å². The highest BCUT2D eigenvalue weighted by atomic mass is 35.5. The number of hydrogen-bond donors (Lipinski definition) is 1. The number of aromatic amines is 1. The molecule has 2 aromatic heterocycles. The Bertz CT molecular complexity index is 725. The van der Waals surface area contributed by atoms with Crippen molar-refractivity contribution >= 4 is 45.4 Å². The SMILES string of the molecule is Clc1ccc(OCC[N]Cc2cccs2)c2c(Cl)c[nH]c12. The molecule has 0 fully saturated rings. The maximum Gasteiger partial charge on any atom is 0.130 e. The quantitative estimate of drug-likeness (QED) is 0.648. The van der Waals surface area contributed by atoms with E-state index in [4.69, 9.17) is 27.9 Å². The van der Waals surface area contributed by atoms with Crippen molar-refractivity contribution in [3.8, 4) is 5.75 Å². The minimum atomic E-state index is 0.517. The van der Waals surface area contributed by atoms with Gasteiger partial charge in [-0.1, -0.05) is 29.3 Å². The van der Waals surface area contributed by atoms with Crippen LogP contribution in [-0.4, -0.2) is 18.1 Å². The third kappa shape index (κ3) is 3.35. The Kier molecular flexibility index (Phi) is 4.70. The van der Waals surface area contributed by atoms with Gasteiger partial charge in [-0.25, -0.2) is 5.32 Å². The predicted molar refractivity (Wildman–Crippen MR) is 88.8 cm³/mol. The van der Waals surface area contributed by atoms with E-state index in [-0.39, 0.29) is 0 Å². The summed E-state index contributed by atoms with van der Waals surface area (Å²) in [6, 6.07) is 7.75. The van der Waals surface area contributed by atoms with Gasteiger partial charge >= 0.3 is 0 Å². The molecule has 3 aromatic rings. The number of thiophene rings is 1. The van der Waals surface area contributed by atoms with Gasteiger partial charge in [0.15, 0.2) is 0 Å². The molecule has 0 bridgehead atoms. The van der Waals surface area contributed by atoms with E-state index in [0.717, 1.165) is 23.2 Å². The zero-order valence-corrected chi connectivity index (χ0v) is 13.4. The molecule has 0 unspecified atom stereocenters. The molecule has 0 aliphatic heterocycles. The van der Waals surface area contributed by atoms with Gasteiger partial charge in [0, 0.05) is 24.2 Å². The second-order valence-corrected chi connectivity index (χ2v) is 6.31. The second-order valence-electron chi connectivity index (χ2n) is 4.47. The molecule has 0 saturated heterocycles. The maximum absolute atomic E-state index is 6.17. The van der Waals surface area contributed by atoms with Crippen LogP contribution in [0, 0.1) is 0 Å². The smallest absolute Gasteiger partial charge is 0.130 e. The number of nitrogens with zero attached hydrogens (tertiary/aromatic N) is 1. The molecule has 109 valence electrons. The standard InChI is InChI=1S/C15H13Cl2N2OS/c16-11-3-4-13(14-12(17)9-19-15(11)14)20-6-5-18-8-10-2-1-7-21-10/h1-4,7,9,19H,5-6,8H2. The van der Waals surface area contributed by atoms with E-state index in [1.807, 2.05) is 12.1 Å². The van der Waals surface area contributed by atoms with Gasteiger partial charge in [-0.3, -0.25) is 0 Å². The van der Waals surface area contributed by atoms with E-state index in [1.165, 1.54) is 4.88 Å². The zero-order chi connectivity index (χ0) is 14.7. The first-order valence-electron chi connectivity index (χ1n) is 6.49. The van der Waals surface area contributed by atoms with Gasteiger partial charge in [-0.2, -0.15) is 0 Å². The Morgan fingerprint density at radius 2 is 2.10 bits per heavy atom. The van der Waals surface area contributed by atoms with Crippen LogP contribution in [0.5, 0.6) is 5.75 Å². The Morgan fingerprint density at radius 3 is 2.90 bits per heavy atom. The molecule has 3 nitrogen and oxygen atoms in total. The fourth-order valence-electron chi connectivity index (χ4n) is 2.08. The monoisotopic (exact) mass is 339 g/mol. The number of ether oxygens (including phenoxy) is 1. The molecule has 0 saturated carbocycles. The van der Waals surface area contributed by atoms with Gasteiger partial charge < -0.3 is 9.72 Å². The molecule has 0 aliphatic rings. The summed E-state index contributed by atoms with van der Waals surface area (Å²) in [6.07, 6.45) is 1.71. The fraction of sp³-hybridized carbons (Fsp3) is 0.200. The number of H-pyrrole nitrogens is 1. The molecule has 3 rings (SSSR count). The van der Waals surface area contributed by atoms with Crippen molar-refractivity contribution in [1.82, 2.24) is 10.3 Å². The van der Waals surface area contributed by atoms with Crippen LogP contribution in [0.3, 0.4) is 0 Å². The normalized spacial score (nSPS) is 11.1. The van der Waals surface area contributed by atoms with E-state index >= 15 is 0 Å². The summed E-state index contributed by atoms with van der Waals surface area (Å²) in [5, 5.41) is 8.57. The van der Waals surface area contributed by atoms with Gasteiger partial charge in [0.25, 0.3) is 0 Å². The molecule has 0 spiro atoms. The van der Waals surface area contributed by atoms with E-state index in [2.05, 4.69) is 21.7 Å². The molecule has 0 atom stereocenters. The fourth-order valence-corrected chi connectivity index (χ4v) is 3.19. The summed E-state index contributed by atoms with van der Waals surface area (Å²) in [4.78, 5) is 4.31. The van der Waals surface area contributed by atoms with Crippen LogP contribution in [0.1, 0.15) is 4.88 Å². The van der Waals surface area contributed by atoms with Crippen molar-refractivity contribution < 1.29 is 4.74 Å². The molecule has 6 heteroatoms. The van der Waals surface area contributed by atoms with Gasteiger partial charge in [0.05, 0.1) is 20.9 Å². The van der Waals surface area contributed by atoms with Crippen molar-refractivity contribution in [2.24, 2.45) is 0 Å². The highest BCUT2D eigenvalue weighted by Crippen LogP contribution is 2.35. The van der Waals surface area contributed by atoms with Gasteiger partial charge in [0.2, 0.25) is 0 Å². The third-order valence-corrected chi connectivity index (χ3v) is 4.53. The van der Waals surface area contributed by atoms with Crippen LogP contribution in [0.2, 0.25) is 10.0 Å². The number of aromatic nitrogens is 1. The first-order chi connectivity index (χ1) is 10.3. The van der Waals surface area contributed by atoms with E-state index < -0.39 is 0 Å². The molecule has 1 radical (unpaired) electrons. The summed E-state index contributed by atoms with van der Waals surface area (Å²) in [6.45, 7) is 1.90. The van der Waals surface area contributed by atoms with E-state index in [9.17, 15) is 0 Å². The average Bonchev–Trinajstić information content (AvgIpc) is 3.11. The Hall–Kier alpha value is -1.20. The Morgan fingerprint density at radius 1 is 1.19 bits per heavy atom. The lowest BCUT2D eigenvalue weighted by Crippen LogP contribution is -2.13. The summed E-state index contributed by atoms with van der Waals surface area (Å²) < 4.78 is 5.78. The minimum absolute atomic E-state index is 0.517. The van der Waals surface area contributed by atoms with Crippen LogP contribution in [-0.2, 0) is 6.54 Å². The van der Waals surface area contributed by atoms with E-state index in [1.54, 1.807) is 23.6 Å². The van der Waals surface area contributed by atoms with Gasteiger partial charge in [-0.05, 0) is 23.6 Å². The summed E-state index contributed by atoms with van der Waals surface area (Å²) in [7, 11) is 0. The van der Waals surface area contributed by atoms with Crippen molar-refractivity contribution in [3.05, 3.63) is 50.8 Å². The summed E-state index contributed by atoms with van der Waals surface area (Å²) in [5.41, 5.74) is 0.801. The first kappa shape index (κ1) is 14.7. The average molecular weight is 340 g/mol. The number of nitrogens with one attached hydrogen (secondary N) is 1. The second kappa shape index (κ2) is 6.71. The summed E-state index contributed by atoms with van der Waals surface area (Å²) in [5.74, 6) is 0.729. The lowest BCUT2D eigenvalue weighted by molar-refractivity contribution is 0.316. The van der Waals surface area contributed by atoms with Crippen molar-refractivity contribution in [2.75, 3.05) is 13.2 Å². The largest absolute Gasteiger partial charge is 0.491 e.